The molecular formula is C16H31N5O. The molecule has 0 bridgehead atoms. The molecule has 2 rings (SSSR count). The molecule has 2 unspecified atom stereocenters. The van der Waals surface area contributed by atoms with Gasteiger partial charge in [-0.3, -0.25) is 9.79 Å². The molecule has 0 aromatic carbocycles. The van der Waals surface area contributed by atoms with Crippen LogP contribution in [-0.4, -0.2) is 74.5 Å². The van der Waals surface area contributed by atoms with Crippen LogP contribution in [0.1, 0.15) is 32.6 Å². The third-order valence-corrected chi connectivity index (χ3v) is 4.69. The first-order chi connectivity index (χ1) is 10.6. The Balaban J connectivity index is 1.72. The summed E-state index contributed by atoms with van der Waals surface area (Å²) in [7, 11) is 4.00. The van der Waals surface area contributed by atoms with Crippen LogP contribution >= 0.6 is 0 Å². The Hall–Kier alpha value is -1.30. The van der Waals surface area contributed by atoms with E-state index in [0.29, 0.717) is 18.4 Å². The minimum Gasteiger partial charge on any atom is -0.356 e. The molecule has 0 spiro atoms. The van der Waals surface area contributed by atoms with E-state index in [2.05, 4.69) is 27.6 Å². The third-order valence-electron chi connectivity index (χ3n) is 4.69. The molecule has 2 fully saturated rings. The molecule has 0 aliphatic carbocycles. The van der Waals surface area contributed by atoms with Gasteiger partial charge in [0.1, 0.15) is 0 Å². The number of nitrogens with zero attached hydrogens (tertiary/aromatic N) is 3. The number of aliphatic imine (C=N–C) groups is 1. The van der Waals surface area contributed by atoms with Crippen molar-refractivity contribution in [2.45, 2.75) is 38.6 Å². The molecule has 6 heteroatoms. The zero-order valence-electron chi connectivity index (χ0n) is 14.3. The van der Waals surface area contributed by atoms with Crippen LogP contribution in [0.15, 0.2) is 4.99 Å². The van der Waals surface area contributed by atoms with Crippen molar-refractivity contribution < 1.29 is 4.79 Å². The van der Waals surface area contributed by atoms with E-state index in [4.69, 9.17) is 0 Å². The average Bonchev–Trinajstić information content (AvgIpc) is 2.99. The Kier molecular flexibility index (Phi) is 6.49. The highest BCUT2D eigenvalue weighted by Gasteiger charge is 2.26. The van der Waals surface area contributed by atoms with Gasteiger partial charge in [0.25, 0.3) is 0 Å². The summed E-state index contributed by atoms with van der Waals surface area (Å²) in [6, 6.07) is 0.315. The second kappa shape index (κ2) is 8.36. The number of amides is 1. The Bertz CT molecular complexity index is 398. The van der Waals surface area contributed by atoms with E-state index in [9.17, 15) is 4.79 Å². The monoisotopic (exact) mass is 309 g/mol. The van der Waals surface area contributed by atoms with Crippen LogP contribution in [0.4, 0.5) is 0 Å². The van der Waals surface area contributed by atoms with Crippen molar-refractivity contribution in [1.82, 2.24) is 20.4 Å². The molecule has 2 aliphatic rings. The van der Waals surface area contributed by atoms with Crippen LogP contribution in [0.5, 0.6) is 0 Å². The number of rotatable bonds is 4. The van der Waals surface area contributed by atoms with Gasteiger partial charge >= 0.3 is 0 Å². The summed E-state index contributed by atoms with van der Waals surface area (Å²) in [6.07, 6.45) is 4.16. The Labute approximate surface area is 134 Å². The molecule has 0 saturated carbocycles. The SMILES string of the molecule is CCC(=O)N1CCC(NC(=NC)NCC2CCCN(C)C2)C1. The van der Waals surface area contributed by atoms with Crippen LogP contribution in [0.2, 0.25) is 0 Å². The van der Waals surface area contributed by atoms with Gasteiger partial charge in [0.05, 0.1) is 0 Å². The quantitative estimate of drug-likeness (QED) is 0.587. The van der Waals surface area contributed by atoms with Gasteiger partial charge in [0.2, 0.25) is 5.91 Å². The first-order valence-corrected chi connectivity index (χ1v) is 8.55. The normalized spacial score (nSPS) is 27.0. The van der Waals surface area contributed by atoms with Gasteiger partial charge in [-0.25, -0.2) is 0 Å². The van der Waals surface area contributed by atoms with Gasteiger partial charge in [-0.2, -0.15) is 0 Å². The van der Waals surface area contributed by atoms with Crippen LogP contribution < -0.4 is 10.6 Å². The fourth-order valence-electron chi connectivity index (χ4n) is 3.40. The molecule has 2 saturated heterocycles. The number of piperidine rings is 1. The maximum absolute atomic E-state index is 11.7. The van der Waals surface area contributed by atoms with E-state index >= 15 is 0 Å². The summed E-state index contributed by atoms with van der Waals surface area (Å²) in [5.74, 6) is 1.81. The van der Waals surface area contributed by atoms with Crippen molar-refractivity contribution in [3.8, 4) is 0 Å². The lowest BCUT2D eigenvalue weighted by molar-refractivity contribution is -0.129. The number of hydrogen-bond donors (Lipinski definition) is 2. The molecule has 0 aromatic rings. The smallest absolute Gasteiger partial charge is 0.222 e. The number of nitrogens with one attached hydrogen (secondary N) is 2. The van der Waals surface area contributed by atoms with Gasteiger partial charge in [0.15, 0.2) is 5.96 Å². The topological polar surface area (TPSA) is 60.0 Å². The number of hydrogen-bond acceptors (Lipinski definition) is 3. The maximum Gasteiger partial charge on any atom is 0.222 e. The molecule has 2 atom stereocenters. The number of carbonyl (C=O) groups excluding carboxylic acids is 1. The third kappa shape index (κ3) is 4.87. The molecule has 126 valence electrons. The average molecular weight is 309 g/mol. The van der Waals surface area contributed by atoms with Crippen molar-refractivity contribution in [2.75, 3.05) is 46.8 Å². The highest BCUT2D eigenvalue weighted by molar-refractivity contribution is 5.80. The van der Waals surface area contributed by atoms with Crippen molar-refractivity contribution in [2.24, 2.45) is 10.9 Å². The van der Waals surface area contributed by atoms with Crippen LogP contribution in [0, 0.1) is 5.92 Å². The Morgan fingerprint density at radius 2 is 2.09 bits per heavy atom. The molecular weight excluding hydrogens is 278 g/mol. The number of likely N-dealkylation sites (tertiary alicyclic amines) is 2. The second-order valence-corrected chi connectivity index (χ2v) is 6.55. The van der Waals surface area contributed by atoms with Crippen molar-refractivity contribution in [3.63, 3.8) is 0 Å². The summed E-state index contributed by atoms with van der Waals surface area (Å²) >= 11 is 0. The van der Waals surface area contributed by atoms with E-state index in [1.807, 2.05) is 18.9 Å². The van der Waals surface area contributed by atoms with Crippen LogP contribution in [0.25, 0.3) is 0 Å². The molecule has 2 N–H and O–H groups in total. The molecule has 2 heterocycles. The Morgan fingerprint density at radius 1 is 1.27 bits per heavy atom. The minimum absolute atomic E-state index is 0.248. The Morgan fingerprint density at radius 3 is 2.77 bits per heavy atom. The van der Waals surface area contributed by atoms with Gasteiger partial charge in [0, 0.05) is 45.7 Å². The van der Waals surface area contributed by atoms with Gasteiger partial charge < -0.3 is 20.4 Å². The van der Waals surface area contributed by atoms with E-state index in [0.717, 1.165) is 38.6 Å². The summed E-state index contributed by atoms with van der Waals surface area (Å²) in [6.45, 7) is 6.91. The number of guanidine groups is 1. The minimum atomic E-state index is 0.248. The predicted molar refractivity (Wildman–Crippen MR) is 90.0 cm³/mol. The van der Waals surface area contributed by atoms with Gasteiger partial charge in [-0.15, -0.1) is 0 Å². The molecule has 6 nitrogen and oxygen atoms in total. The van der Waals surface area contributed by atoms with Crippen molar-refractivity contribution in [1.29, 1.82) is 0 Å². The summed E-state index contributed by atoms with van der Waals surface area (Å²) in [5, 5.41) is 6.91. The molecule has 0 radical (unpaired) electrons. The summed E-state index contributed by atoms with van der Waals surface area (Å²) in [4.78, 5) is 20.4. The lowest BCUT2D eigenvalue weighted by Gasteiger charge is -2.30. The van der Waals surface area contributed by atoms with Gasteiger partial charge in [-0.1, -0.05) is 6.92 Å². The summed E-state index contributed by atoms with van der Waals surface area (Å²) < 4.78 is 0. The first kappa shape index (κ1) is 17.1. The number of carbonyl (C=O) groups is 1. The van der Waals surface area contributed by atoms with Crippen molar-refractivity contribution in [3.05, 3.63) is 0 Å². The lowest BCUT2D eigenvalue weighted by atomic mass is 9.99. The first-order valence-electron chi connectivity index (χ1n) is 8.55. The summed E-state index contributed by atoms with van der Waals surface area (Å²) in [5.41, 5.74) is 0. The largest absolute Gasteiger partial charge is 0.356 e. The zero-order valence-corrected chi connectivity index (χ0v) is 14.3. The molecule has 2 aliphatic heterocycles. The standard InChI is InChI=1S/C16H31N5O/c1-4-15(22)21-9-7-14(12-21)19-16(17-2)18-10-13-6-5-8-20(3)11-13/h13-14H,4-12H2,1-3H3,(H2,17,18,19). The molecule has 22 heavy (non-hydrogen) atoms. The van der Waals surface area contributed by atoms with Gasteiger partial charge in [-0.05, 0) is 38.8 Å². The fraction of sp³-hybridized carbons (Fsp3) is 0.875. The zero-order chi connectivity index (χ0) is 15.9. The highest BCUT2D eigenvalue weighted by Crippen LogP contribution is 2.14. The van der Waals surface area contributed by atoms with Crippen molar-refractivity contribution >= 4 is 11.9 Å². The predicted octanol–water partition coefficient (Wildman–Crippen LogP) is 0.504. The fourth-order valence-corrected chi connectivity index (χ4v) is 3.40. The van der Waals surface area contributed by atoms with E-state index < -0.39 is 0 Å². The van der Waals surface area contributed by atoms with Crippen LogP contribution in [0.3, 0.4) is 0 Å². The van der Waals surface area contributed by atoms with Crippen LogP contribution in [-0.2, 0) is 4.79 Å². The van der Waals surface area contributed by atoms with E-state index in [1.165, 1.54) is 19.4 Å². The molecule has 1 amide bonds. The molecule has 0 aromatic heterocycles. The highest BCUT2D eigenvalue weighted by atomic mass is 16.2. The lowest BCUT2D eigenvalue weighted by Crippen LogP contribution is -2.47. The maximum atomic E-state index is 11.7. The second-order valence-electron chi connectivity index (χ2n) is 6.55. The van der Waals surface area contributed by atoms with E-state index in [1.54, 1.807) is 0 Å². The van der Waals surface area contributed by atoms with E-state index in [-0.39, 0.29) is 5.91 Å².